The molecule has 0 fully saturated rings. The minimum absolute atomic E-state index is 0.303. The Morgan fingerprint density at radius 1 is 1.33 bits per heavy atom. The number of benzene rings is 1. The van der Waals surface area contributed by atoms with E-state index in [4.69, 9.17) is 4.74 Å². The molecule has 0 aromatic heterocycles. The summed E-state index contributed by atoms with van der Waals surface area (Å²) in [7, 11) is 0. The van der Waals surface area contributed by atoms with Gasteiger partial charge in [-0.05, 0) is 24.7 Å². The number of nitrogens with zero attached hydrogens (tertiary/aromatic N) is 1. The molecule has 1 aromatic rings. The lowest BCUT2D eigenvalue weighted by Gasteiger charge is -2.19. The van der Waals surface area contributed by atoms with E-state index in [0.717, 1.165) is 24.5 Å². The molecule has 18 heavy (non-hydrogen) atoms. The van der Waals surface area contributed by atoms with Gasteiger partial charge in [-0.2, -0.15) is 0 Å². The van der Waals surface area contributed by atoms with E-state index in [0.29, 0.717) is 12.6 Å². The molecule has 0 amide bonds. The maximum Gasteiger partial charge on any atom is 0.246 e. The molecule has 1 unspecified atom stereocenters. The minimum Gasteiger partial charge on any atom is -0.469 e. The van der Waals surface area contributed by atoms with E-state index >= 15 is 0 Å². The van der Waals surface area contributed by atoms with Gasteiger partial charge < -0.3 is 4.74 Å². The van der Waals surface area contributed by atoms with Crippen molar-refractivity contribution in [2.24, 2.45) is 4.99 Å². The standard InChI is InChI=1S/C15H19NOS/c1-18-15(17-14-10-6-3-7-11-14)16-12-13-8-4-2-5-9-13/h2-6,8-9,14H,7,10-12H2,1H3. The highest BCUT2D eigenvalue weighted by molar-refractivity contribution is 8.12. The normalized spacial score (nSPS) is 19.8. The van der Waals surface area contributed by atoms with Gasteiger partial charge in [-0.1, -0.05) is 54.2 Å². The number of aliphatic imine (C=N–C) groups is 1. The summed E-state index contributed by atoms with van der Waals surface area (Å²) in [6.07, 6.45) is 9.96. The largest absolute Gasteiger partial charge is 0.469 e. The lowest BCUT2D eigenvalue weighted by molar-refractivity contribution is 0.184. The molecule has 0 saturated heterocycles. The minimum atomic E-state index is 0.303. The van der Waals surface area contributed by atoms with Gasteiger partial charge in [0.25, 0.3) is 0 Å². The summed E-state index contributed by atoms with van der Waals surface area (Å²) in [6, 6.07) is 10.3. The van der Waals surface area contributed by atoms with Gasteiger partial charge in [0.15, 0.2) is 0 Å². The highest BCUT2D eigenvalue weighted by atomic mass is 32.2. The lowest BCUT2D eigenvalue weighted by Crippen LogP contribution is -2.17. The smallest absolute Gasteiger partial charge is 0.246 e. The average molecular weight is 261 g/mol. The summed E-state index contributed by atoms with van der Waals surface area (Å²) in [5, 5.41) is 0.805. The van der Waals surface area contributed by atoms with Crippen molar-refractivity contribution in [3.63, 3.8) is 0 Å². The Bertz CT molecular complexity index is 414. The summed E-state index contributed by atoms with van der Waals surface area (Å²) in [5.74, 6) is 0. The van der Waals surface area contributed by atoms with Crippen LogP contribution in [0.2, 0.25) is 0 Å². The van der Waals surface area contributed by atoms with Gasteiger partial charge in [-0.25, -0.2) is 4.99 Å². The van der Waals surface area contributed by atoms with Gasteiger partial charge in [-0.15, -0.1) is 0 Å². The number of rotatable bonds is 3. The second-order valence-corrected chi connectivity index (χ2v) is 5.05. The van der Waals surface area contributed by atoms with E-state index in [1.54, 1.807) is 11.8 Å². The van der Waals surface area contributed by atoms with E-state index in [9.17, 15) is 0 Å². The van der Waals surface area contributed by atoms with Crippen molar-refractivity contribution in [2.75, 3.05) is 6.26 Å². The highest BCUT2D eigenvalue weighted by Gasteiger charge is 2.13. The zero-order chi connectivity index (χ0) is 12.6. The Labute approximate surface area is 113 Å². The molecule has 2 rings (SSSR count). The third-order valence-corrected chi connectivity index (χ3v) is 3.47. The first-order valence-corrected chi connectivity index (χ1v) is 7.55. The van der Waals surface area contributed by atoms with E-state index in [1.807, 2.05) is 24.5 Å². The first kappa shape index (κ1) is 13.2. The third kappa shape index (κ3) is 4.22. The molecule has 0 heterocycles. The Morgan fingerprint density at radius 3 is 2.83 bits per heavy atom. The molecule has 0 radical (unpaired) electrons. The van der Waals surface area contributed by atoms with Crippen molar-refractivity contribution >= 4 is 17.0 Å². The van der Waals surface area contributed by atoms with E-state index in [2.05, 4.69) is 29.3 Å². The molecule has 0 bridgehead atoms. The highest BCUT2D eigenvalue weighted by Crippen LogP contribution is 2.17. The number of allylic oxidation sites excluding steroid dienone is 1. The lowest BCUT2D eigenvalue weighted by atomic mass is 10.1. The second-order valence-electron chi connectivity index (χ2n) is 4.30. The number of hydrogen-bond donors (Lipinski definition) is 0. The fraction of sp³-hybridized carbons (Fsp3) is 0.400. The van der Waals surface area contributed by atoms with E-state index in [-0.39, 0.29) is 0 Å². The Kier molecular flexibility index (Phi) is 5.34. The first-order chi connectivity index (χ1) is 8.88. The van der Waals surface area contributed by atoms with Crippen molar-refractivity contribution in [2.45, 2.75) is 31.9 Å². The molecule has 1 aromatic carbocycles. The van der Waals surface area contributed by atoms with Gasteiger partial charge in [-0.3, -0.25) is 0 Å². The molecule has 0 aliphatic heterocycles. The summed E-state index contributed by atoms with van der Waals surface area (Å²) in [5.41, 5.74) is 1.22. The van der Waals surface area contributed by atoms with Crippen LogP contribution in [0.1, 0.15) is 24.8 Å². The Morgan fingerprint density at radius 2 is 2.17 bits per heavy atom. The van der Waals surface area contributed by atoms with Gasteiger partial charge in [0, 0.05) is 6.42 Å². The van der Waals surface area contributed by atoms with Crippen LogP contribution in [0, 0.1) is 0 Å². The molecular weight excluding hydrogens is 242 g/mol. The van der Waals surface area contributed by atoms with Gasteiger partial charge in [0.1, 0.15) is 6.10 Å². The van der Waals surface area contributed by atoms with Crippen LogP contribution in [0.15, 0.2) is 47.5 Å². The van der Waals surface area contributed by atoms with Crippen molar-refractivity contribution in [3.8, 4) is 0 Å². The van der Waals surface area contributed by atoms with E-state index < -0.39 is 0 Å². The van der Waals surface area contributed by atoms with Crippen molar-refractivity contribution in [3.05, 3.63) is 48.0 Å². The van der Waals surface area contributed by atoms with Crippen LogP contribution in [0.5, 0.6) is 0 Å². The Hall–Kier alpha value is -1.22. The predicted molar refractivity (Wildman–Crippen MR) is 79.0 cm³/mol. The number of thioether (sulfide) groups is 1. The Balaban J connectivity index is 1.89. The quantitative estimate of drug-likeness (QED) is 0.465. The van der Waals surface area contributed by atoms with Crippen LogP contribution in [0.3, 0.4) is 0 Å². The van der Waals surface area contributed by atoms with Crippen LogP contribution in [-0.4, -0.2) is 17.6 Å². The van der Waals surface area contributed by atoms with Crippen LogP contribution in [-0.2, 0) is 11.3 Å². The number of ether oxygens (including phenoxy) is 1. The topological polar surface area (TPSA) is 21.6 Å². The fourth-order valence-electron chi connectivity index (χ4n) is 1.90. The molecule has 0 saturated carbocycles. The third-order valence-electron chi connectivity index (χ3n) is 2.90. The monoisotopic (exact) mass is 261 g/mol. The average Bonchev–Trinajstić information content (AvgIpc) is 2.45. The van der Waals surface area contributed by atoms with Crippen molar-refractivity contribution < 1.29 is 4.74 Å². The molecule has 1 aliphatic carbocycles. The fourth-order valence-corrected chi connectivity index (χ4v) is 2.33. The van der Waals surface area contributed by atoms with Crippen molar-refractivity contribution in [1.82, 2.24) is 0 Å². The molecule has 96 valence electrons. The van der Waals surface area contributed by atoms with Crippen LogP contribution < -0.4 is 0 Å². The summed E-state index contributed by atoms with van der Waals surface area (Å²) >= 11 is 1.59. The van der Waals surface area contributed by atoms with Crippen LogP contribution in [0.4, 0.5) is 0 Å². The maximum atomic E-state index is 5.92. The second kappa shape index (κ2) is 7.27. The maximum absolute atomic E-state index is 5.92. The van der Waals surface area contributed by atoms with Gasteiger partial charge >= 0.3 is 0 Å². The molecule has 1 aliphatic rings. The summed E-state index contributed by atoms with van der Waals surface area (Å²) < 4.78 is 5.92. The van der Waals surface area contributed by atoms with E-state index in [1.165, 1.54) is 5.56 Å². The zero-order valence-corrected chi connectivity index (χ0v) is 11.5. The molecule has 3 heteroatoms. The van der Waals surface area contributed by atoms with Crippen molar-refractivity contribution in [1.29, 1.82) is 0 Å². The van der Waals surface area contributed by atoms with Crippen LogP contribution >= 0.6 is 11.8 Å². The van der Waals surface area contributed by atoms with Gasteiger partial charge in [0.05, 0.1) is 6.54 Å². The van der Waals surface area contributed by atoms with Crippen LogP contribution in [0.25, 0.3) is 0 Å². The molecule has 2 nitrogen and oxygen atoms in total. The summed E-state index contributed by atoms with van der Waals surface area (Å²) in [6.45, 7) is 0.694. The van der Waals surface area contributed by atoms with Gasteiger partial charge in [0.2, 0.25) is 5.23 Å². The SMILES string of the molecule is CSC(=NCc1ccccc1)OC1CC=CCC1. The number of hydrogen-bond acceptors (Lipinski definition) is 3. The molecule has 0 N–H and O–H groups in total. The summed E-state index contributed by atoms with van der Waals surface area (Å²) in [4.78, 5) is 4.54. The predicted octanol–water partition coefficient (Wildman–Crippen LogP) is 4.03. The zero-order valence-electron chi connectivity index (χ0n) is 10.7. The first-order valence-electron chi connectivity index (χ1n) is 6.32. The molecule has 1 atom stereocenters. The molecule has 0 spiro atoms. The molecular formula is C15H19NOS.